The Balaban J connectivity index is 1.35. The standard InChI is InChI=1S/C49H32N4/c1-29-21-23-30(24-22-29)48-49(51-39-18-8-7-17-38(39)50-48)53-41-20-10-16-35-37-28-32-12-6-5-11-31(32)27-36(37)34-15-9-19-40-44(34)46-42(25-26-43(53)47(46)45(35)41)52(40)33-13-3-2-4-14-33/h2-21,23-29H,22H2,1H3. The zero-order valence-electron chi connectivity index (χ0n) is 29.1. The first-order valence-corrected chi connectivity index (χ1v) is 18.5. The van der Waals surface area contributed by atoms with Gasteiger partial charge in [0, 0.05) is 27.2 Å². The molecule has 0 radical (unpaired) electrons. The normalized spacial score (nSPS) is 15.0. The number of allylic oxidation sites excluding steroid dienone is 4. The molecule has 0 saturated carbocycles. The van der Waals surface area contributed by atoms with Crippen molar-refractivity contribution in [3.05, 3.63) is 163 Å². The lowest BCUT2D eigenvalue weighted by atomic mass is 9.93. The summed E-state index contributed by atoms with van der Waals surface area (Å²) in [5.41, 5.74) is 9.62. The molecule has 0 aliphatic heterocycles. The van der Waals surface area contributed by atoms with Crippen molar-refractivity contribution in [2.24, 2.45) is 5.92 Å². The molecule has 53 heavy (non-hydrogen) atoms. The number of para-hydroxylation sites is 3. The lowest BCUT2D eigenvalue weighted by Gasteiger charge is -2.17. The predicted octanol–water partition coefficient (Wildman–Crippen LogP) is 12.7. The van der Waals surface area contributed by atoms with Gasteiger partial charge in [0.25, 0.3) is 0 Å². The first-order valence-electron chi connectivity index (χ1n) is 18.5. The summed E-state index contributed by atoms with van der Waals surface area (Å²) in [5.74, 6) is 1.35. The second-order valence-electron chi connectivity index (χ2n) is 14.6. The van der Waals surface area contributed by atoms with Crippen LogP contribution < -0.4 is 0 Å². The maximum atomic E-state index is 5.48. The Hall–Kier alpha value is -6.78. The van der Waals surface area contributed by atoms with Gasteiger partial charge in [0.2, 0.25) is 0 Å². The maximum Gasteiger partial charge on any atom is 0.165 e. The Labute approximate surface area is 304 Å². The van der Waals surface area contributed by atoms with Gasteiger partial charge in [-0.1, -0.05) is 104 Å². The highest BCUT2D eigenvalue weighted by atomic mass is 15.1. The zero-order chi connectivity index (χ0) is 34.8. The largest absolute Gasteiger partial charge is 0.309 e. The lowest BCUT2D eigenvalue weighted by molar-refractivity contribution is 0.738. The van der Waals surface area contributed by atoms with Crippen LogP contribution in [0.25, 0.3) is 104 Å². The van der Waals surface area contributed by atoms with E-state index in [1.807, 2.05) is 6.07 Å². The molecule has 1 atom stereocenters. The van der Waals surface area contributed by atoms with Crippen LogP contribution in [-0.2, 0) is 0 Å². The molecule has 0 saturated heterocycles. The molecule has 12 rings (SSSR count). The number of hydrogen-bond donors (Lipinski definition) is 0. The topological polar surface area (TPSA) is 35.6 Å². The van der Waals surface area contributed by atoms with Crippen LogP contribution in [0.2, 0.25) is 0 Å². The van der Waals surface area contributed by atoms with Crippen molar-refractivity contribution in [1.29, 1.82) is 0 Å². The van der Waals surface area contributed by atoms with Gasteiger partial charge in [-0.2, -0.15) is 0 Å². The third-order valence-electron chi connectivity index (χ3n) is 11.5. The molecule has 1 unspecified atom stereocenters. The minimum Gasteiger partial charge on any atom is -0.309 e. The fourth-order valence-corrected chi connectivity index (χ4v) is 9.16. The smallest absolute Gasteiger partial charge is 0.165 e. The summed E-state index contributed by atoms with van der Waals surface area (Å²) in [6.07, 6.45) is 7.85. The van der Waals surface area contributed by atoms with Gasteiger partial charge in [0.15, 0.2) is 5.82 Å². The van der Waals surface area contributed by atoms with Gasteiger partial charge in [-0.25, -0.2) is 9.97 Å². The van der Waals surface area contributed by atoms with E-state index < -0.39 is 0 Å². The summed E-state index contributed by atoms with van der Waals surface area (Å²) in [4.78, 5) is 10.8. The molecule has 248 valence electrons. The van der Waals surface area contributed by atoms with E-state index in [2.05, 4.69) is 168 Å². The van der Waals surface area contributed by atoms with Crippen molar-refractivity contribution >= 4 is 92.5 Å². The van der Waals surface area contributed by atoms with E-state index in [9.17, 15) is 0 Å². The van der Waals surface area contributed by atoms with Gasteiger partial charge in [-0.3, -0.25) is 4.57 Å². The van der Waals surface area contributed by atoms with E-state index in [0.29, 0.717) is 5.92 Å². The Morgan fingerprint density at radius 3 is 1.72 bits per heavy atom. The minimum absolute atomic E-state index is 0.494. The van der Waals surface area contributed by atoms with Crippen LogP contribution in [0.1, 0.15) is 19.0 Å². The summed E-state index contributed by atoms with van der Waals surface area (Å²) in [7, 11) is 0. The highest BCUT2D eigenvalue weighted by Crippen LogP contribution is 2.48. The Morgan fingerprint density at radius 2 is 1.08 bits per heavy atom. The number of hydrogen-bond acceptors (Lipinski definition) is 2. The number of nitrogens with zero attached hydrogens (tertiary/aromatic N) is 4. The number of rotatable bonds is 3. The van der Waals surface area contributed by atoms with Gasteiger partial charge in [0.1, 0.15) is 5.69 Å². The Kier molecular flexibility index (Phi) is 5.79. The molecule has 0 bridgehead atoms. The van der Waals surface area contributed by atoms with Gasteiger partial charge in [-0.15, -0.1) is 0 Å². The monoisotopic (exact) mass is 676 g/mol. The van der Waals surface area contributed by atoms with Gasteiger partial charge < -0.3 is 4.57 Å². The summed E-state index contributed by atoms with van der Waals surface area (Å²) in [6, 6.07) is 50.9. The molecular weight excluding hydrogens is 645 g/mol. The van der Waals surface area contributed by atoms with Crippen molar-refractivity contribution in [2.45, 2.75) is 13.3 Å². The van der Waals surface area contributed by atoms with Crippen LogP contribution in [0.3, 0.4) is 0 Å². The van der Waals surface area contributed by atoms with Crippen molar-refractivity contribution in [2.75, 3.05) is 0 Å². The van der Waals surface area contributed by atoms with Gasteiger partial charge in [0.05, 0.1) is 33.1 Å². The quantitative estimate of drug-likeness (QED) is 0.187. The summed E-state index contributed by atoms with van der Waals surface area (Å²) in [6.45, 7) is 2.26. The molecule has 1 aliphatic carbocycles. The number of aromatic nitrogens is 4. The van der Waals surface area contributed by atoms with E-state index in [0.717, 1.165) is 51.3 Å². The Morgan fingerprint density at radius 1 is 0.509 bits per heavy atom. The summed E-state index contributed by atoms with van der Waals surface area (Å²) >= 11 is 0. The van der Waals surface area contributed by atoms with Crippen molar-refractivity contribution in [3.8, 4) is 11.5 Å². The highest BCUT2D eigenvalue weighted by molar-refractivity contribution is 6.39. The van der Waals surface area contributed by atoms with Crippen molar-refractivity contribution < 1.29 is 0 Å². The molecule has 8 aromatic carbocycles. The van der Waals surface area contributed by atoms with Crippen LogP contribution in [0.4, 0.5) is 0 Å². The lowest BCUT2D eigenvalue weighted by Crippen LogP contribution is -2.07. The molecule has 11 aromatic rings. The molecule has 0 fully saturated rings. The molecule has 3 heterocycles. The minimum atomic E-state index is 0.494. The summed E-state index contributed by atoms with van der Waals surface area (Å²) in [5, 5.41) is 12.5. The van der Waals surface area contributed by atoms with E-state index in [-0.39, 0.29) is 0 Å². The van der Waals surface area contributed by atoms with E-state index in [1.165, 1.54) is 64.9 Å². The average Bonchev–Trinajstić information content (AvgIpc) is 3.73. The van der Waals surface area contributed by atoms with Crippen molar-refractivity contribution in [3.63, 3.8) is 0 Å². The first-order chi connectivity index (χ1) is 26.2. The molecule has 4 nitrogen and oxygen atoms in total. The fraction of sp³-hybridized carbons (Fsp3) is 0.0612. The van der Waals surface area contributed by atoms with Crippen LogP contribution in [0.5, 0.6) is 0 Å². The van der Waals surface area contributed by atoms with Crippen LogP contribution >= 0.6 is 0 Å². The maximum absolute atomic E-state index is 5.48. The molecule has 1 aliphatic rings. The molecule has 3 aromatic heterocycles. The van der Waals surface area contributed by atoms with Crippen LogP contribution in [0, 0.1) is 5.92 Å². The second kappa shape index (κ2) is 10.6. The Bertz CT molecular complexity index is 3380. The summed E-state index contributed by atoms with van der Waals surface area (Å²) < 4.78 is 4.85. The second-order valence-corrected chi connectivity index (χ2v) is 14.6. The van der Waals surface area contributed by atoms with Gasteiger partial charge >= 0.3 is 0 Å². The van der Waals surface area contributed by atoms with Crippen LogP contribution in [-0.4, -0.2) is 19.1 Å². The first kappa shape index (κ1) is 28.9. The molecule has 0 spiro atoms. The SMILES string of the molecule is CC1C=CC(c2nc3ccccc3nc2-n2c3cccc4c5cc6ccccc6cc5c5cccc6c5c5c(c43)c2ccc5n6-c2ccccc2)=CC1. The predicted molar refractivity (Wildman–Crippen MR) is 223 cm³/mol. The number of fused-ring (bicyclic) bond motifs is 5. The van der Waals surface area contributed by atoms with E-state index in [4.69, 9.17) is 9.97 Å². The fourth-order valence-electron chi connectivity index (χ4n) is 9.16. The van der Waals surface area contributed by atoms with E-state index >= 15 is 0 Å². The molecule has 0 amide bonds. The van der Waals surface area contributed by atoms with Gasteiger partial charge in [-0.05, 0) is 111 Å². The van der Waals surface area contributed by atoms with E-state index in [1.54, 1.807) is 0 Å². The third-order valence-corrected chi connectivity index (χ3v) is 11.5. The third kappa shape index (κ3) is 3.95. The molecule has 4 heteroatoms. The van der Waals surface area contributed by atoms with Crippen molar-refractivity contribution in [1.82, 2.24) is 19.1 Å². The average molecular weight is 677 g/mol. The molecule has 0 N–H and O–H groups in total. The number of benzene rings is 7. The molecular formula is C49H32N4. The highest BCUT2D eigenvalue weighted by Gasteiger charge is 2.26. The van der Waals surface area contributed by atoms with Crippen LogP contribution in [0.15, 0.2) is 158 Å². The zero-order valence-corrected chi connectivity index (χ0v) is 29.1.